The molecular weight excluding hydrogens is 332 g/mol. The molecule has 0 spiro atoms. The zero-order chi connectivity index (χ0) is 20.8. The van der Waals surface area contributed by atoms with E-state index in [2.05, 4.69) is 0 Å². The molecule has 1 aromatic heterocycles. The summed E-state index contributed by atoms with van der Waals surface area (Å²) in [7, 11) is 0. The number of hydrogen-bond donors (Lipinski definition) is 4. The second-order valence-electron chi connectivity index (χ2n) is 6.16. The minimum Gasteiger partial charge on any atom is -0.479 e. The van der Waals surface area contributed by atoms with E-state index in [0.717, 1.165) is 4.90 Å². The van der Waals surface area contributed by atoms with Crippen molar-refractivity contribution in [1.29, 1.82) is 0 Å². The molecule has 9 heteroatoms. The van der Waals surface area contributed by atoms with Crippen molar-refractivity contribution in [3.8, 4) is 0 Å². The molecule has 2 fully saturated rings. The molecule has 1 aromatic rings. The van der Waals surface area contributed by atoms with Crippen molar-refractivity contribution < 1.29 is 43.4 Å². The standard InChI is InChI=1S/C16H20N2O7/c1-17-9(4-5-10(17)19)8-3-2-6-18(7-8)15-13(22)11(20)12(21)14(25-15)16(23)24/h2-3,6-7,9,11-15,20-22H,4-5H2,1H3/p+1/t9-,11?,12?,13?,14?,15?/m0/s1/i1D3. The summed E-state index contributed by atoms with van der Waals surface area (Å²) in [6, 6.07) is 2.41. The Bertz CT molecular complexity index is 775. The Hall–Kier alpha value is -2.07. The number of aliphatic hydroxyl groups excluding tert-OH is 3. The number of ether oxygens (including phenoxy) is 1. The molecule has 136 valence electrons. The number of aliphatic carboxylic acids is 1. The maximum Gasteiger partial charge on any atom is 0.335 e. The number of carbonyl (C=O) groups is 2. The number of likely N-dealkylation sites (tertiary alicyclic amines) is 1. The van der Waals surface area contributed by atoms with Crippen molar-refractivity contribution in [3.05, 3.63) is 30.1 Å². The van der Waals surface area contributed by atoms with Gasteiger partial charge < -0.3 is 30.1 Å². The van der Waals surface area contributed by atoms with Gasteiger partial charge in [0.1, 0.15) is 12.2 Å². The van der Waals surface area contributed by atoms with Gasteiger partial charge in [0.25, 0.3) is 6.23 Å². The van der Waals surface area contributed by atoms with Gasteiger partial charge in [0.2, 0.25) is 5.91 Å². The number of hydrogen-bond acceptors (Lipinski definition) is 6. The maximum absolute atomic E-state index is 12.0. The van der Waals surface area contributed by atoms with E-state index >= 15 is 0 Å². The number of carboxylic acids is 1. The van der Waals surface area contributed by atoms with E-state index in [1.54, 1.807) is 6.07 Å². The second kappa shape index (κ2) is 6.68. The van der Waals surface area contributed by atoms with Gasteiger partial charge in [-0.15, -0.1) is 0 Å². The van der Waals surface area contributed by atoms with Gasteiger partial charge in [-0.1, -0.05) is 0 Å². The van der Waals surface area contributed by atoms with E-state index in [1.165, 1.54) is 23.0 Å². The Morgan fingerprint density at radius 2 is 2.12 bits per heavy atom. The Kier molecular flexibility index (Phi) is 3.78. The predicted molar refractivity (Wildman–Crippen MR) is 80.9 cm³/mol. The fourth-order valence-corrected chi connectivity index (χ4v) is 3.18. The van der Waals surface area contributed by atoms with Crippen molar-refractivity contribution >= 4 is 11.9 Å². The highest BCUT2D eigenvalue weighted by atomic mass is 16.6. The van der Waals surface area contributed by atoms with E-state index in [9.17, 15) is 24.9 Å². The molecule has 1 amide bonds. The van der Waals surface area contributed by atoms with Gasteiger partial charge in [0.15, 0.2) is 24.6 Å². The van der Waals surface area contributed by atoms with Crippen molar-refractivity contribution in [2.24, 2.45) is 0 Å². The molecule has 3 heterocycles. The van der Waals surface area contributed by atoms with Crippen LogP contribution in [0.4, 0.5) is 0 Å². The lowest BCUT2D eigenvalue weighted by molar-refractivity contribution is -0.777. The van der Waals surface area contributed by atoms with Crippen LogP contribution in [-0.4, -0.2) is 68.6 Å². The van der Waals surface area contributed by atoms with Crippen LogP contribution in [0, 0.1) is 0 Å². The number of carboxylic acid groups (broad SMARTS) is 1. The summed E-state index contributed by atoms with van der Waals surface area (Å²) in [5.74, 6) is -2.01. The lowest BCUT2D eigenvalue weighted by atomic mass is 9.97. The SMILES string of the molecule is [2H]C([2H])([2H])N1C(=O)CC[C@H]1c1ccc[n+](C2OC(C(=O)O)C(O)C(O)C2O)c1. The van der Waals surface area contributed by atoms with Crippen LogP contribution in [0.2, 0.25) is 0 Å². The molecule has 0 radical (unpaired) electrons. The molecule has 0 aromatic carbocycles. The molecule has 4 N–H and O–H groups in total. The van der Waals surface area contributed by atoms with Gasteiger partial charge in [-0.25, -0.2) is 4.79 Å². The van der Waals surface area contributed by atoms with Crippen LogP contribution >= 0.6 is 0 Å². The van der Waals surface area contributed by atoms with Crippen molar-refractivity contribution in [3.63, 3.8) is 0 Å². The number of pyridine rings is 1. The Balaban J connectivity index is 1.93. The molecule has 0 aliphatic carbocycles. The first-order valence-electron chi connectivity index (χ1n) is 9.27. The fraction of sp³-hybridized carbons (Fsp3) is 0.562. The van der Waals surface area contributed by atoms with E-state index in [-0.39, 0.29) is 12.8 Å². The van der Waals surface area contributed by atoms with Crippen LogP contribution in [0.3, 0.4) is 0 Å². The van der Waals surface area contributed by atoms with Crippen LogP contribution < -0.4 is 4.57 Å². The number of rotatable bonds is 3. The van der Waals surface area contributed by atoms with Crippen molar-refractivity contribution in [1.82, 2.24) is 4.90 Å². The summed E-state index contributed by atoms with van der Waals surface area (Å²) in [6.07, 6.45) is -5.06. The highest BCUT2D eigenvalue weighted by Gasteiger charge is 2.51. The summed E-state index contributed by atoms with van der Waals surface area (Å²) in [6.45, 7) is -2.62. The van der Waals surface area contributed by atoms with Crippen LogP contribution in [0.1, 0.15) is 34.8 Å². The topological polar surface area (TPSA) is 131 Å². The molecule has 2 saturated heterocycles. The average Bonchev–Trinajstić information content (AvgIpc) is 3.01. The van der Waals surface area contributed by atoms with Crippen LogP contribution in [-0.2, 0) is 14.3 Å². The highest BCUT2D eigenvalue weighted by Crippen LogP contribution is 2.31. The number of nitrogens with zero attached hydrogens (tertiary/aromatic N) is 2. The third kappa shape index (κ3) is 3.11. The Morgan fingerprint density at radius 1 is 1.36 bits per heavy atom. The predicted octanol–water partition coefficient (Wildman–Crippen LogP) is -1.67. The van der Waals surface area contributed by atoms with E-state index in [4.69, 9.17) is 14.0 Å². The van der Waals surface area contributed by atoms with Gasteiger partial charge >= 0.3 is 5.97 Å². The third-order valence-electron chi connectivity index (χ3n) is 4.57. The summed E-state index contributed by atoms with van der Waals surface area (Å²) < 4.78 is 29.3. The molecule has 25 heavy (non-hydrogen) atoms. The molecule has 3 rings (SSSR count). The molecule has 0 bridgehead atoms. The minimum atomic E-state index is -2.62. The number of amides is 1. The first kappa shape index (κ1) is 14.1. The Labute approximate surface area is 147 Å². The smallest absolute Gasteiger partial charge is 0.335 e. The molecule has 9 nitrogen and oxygen atoms in total. The van der Waals surface area contributed by atoms with Gasteiger partial charge in [-0.3, -0.25) is 4.79 Å². The fourth-order valence-electron chi connectivity index (χ4n) is 3.18. The van der Waals surface area contributed by atoms with Gasteiger partial charge in [-0.05, 0) is 12.5 Å². The quantitative estimate of drug-likeness (QED) is 0.476. The summed E-state index contributed by atoms with van der Waals surface area (Å²) in [4.78, 5) is 24.1. The molecule has 6 atom stereocenters. The first-order chi connectivity index (χ1) is 13.0. The van der Waals surface area contributed by atoms with E-state index in [0.29, 0.717) is 5.56 Å². The summed E-state index contributed by atoms with van der Waals surface area (Å²) in [5.41, 5.74) is 0.452. The largest absolute Gasteiger partial charge is 0.479 e. The van der Waals surface area contributed by atoms with Crippen molar-refractivity contribution in [2.45, 2.75) is 49.5 Å². The van der Waals surface area contributed by atoms with Crippen molar-refractivity contribution in [2.75, 3.05) is 6.98 Å². The zero-order valence-electron chi connectivity index (χ0n) is 16.1. The zero-order valence-corrected chi connectivity index (χ0v) is 13.1. The Morgan fingerprint density at radius 3 is 2.80 bits per heavy atom. The van der Waals surface area contributed by atoms with E-state index < -0.39 is 55.5 Å². The summed E-state index contributed by atoms with van der Waals surface area (Å²) in [5, 5.41) is 39.2. The number of carbonyl (C=O) groups excluding carboxylic acids is 1. The van der Waals surface area contributed by atoms with Gasteiger partial charge in [-0.2, -0.15) is 4.57 Å². The highest BCUT2D eigenvalue weighted by molar-refractivity contribution is 5.78. The lowest BCUT2D eigenvalue weighted by Crippen LogP contribution is -2.63. The molecular formula is C16H21N2O7+. The van der Waals surface area contributed by atoms with Gasteiger partial charge in [0.05, 0.1) is 6.04 Å². The maximum atomic E-state index is 12.0. The second-order valence-corrected chi connectivity index (χ2v) is 6.16. The summed E-state index contributed by atoms with van der Waals surface area (Å²) >= 11 is 0. The van der Waals surface area contributed by atoms with Crippen LogP contribution in [0.5, 0.6) is 0 Å². The normalized spacial score (nSPS) is 38.1. The van der Waals surface area contributed by atoms with E-state index in [1.807, 2.05) is 0 Å². The number of aromatic nitrogens is 1. The molecule has 2 aliphatic heterocycles. The van der Waals surface area contributed by atoms with Gasteiger partial charge in [0, 0.05) is 29.1 Å². The third-order valence-corrected chi connectivity index (χ3v) is 4.57. The monoisotopic (exact) mass is 356 g/mol. The van der Waals surface area contributed by atoms with Crippen LogP contribution in [0.15, 0.2) is 24.5 Å². The molecule has 0 saturated carbocycles. The number of aliphatic hydroxyl groups is 3. The first-order valence-corrected chi connectivity index (χ1v) is 7.77. The average molecular weight is 356 g/mol. The molecule has 2 aliphatic rings. The minimum absolute atomic E-state index is 0.0759. The lowest BCUT2D eigenvalue weighted by Gasteiger charge is -2.35. The van der Waals surface area contributed by atoms with Crippen LogP contribution in [0.25, 0.3) is 0 Å². The molecule has 5 unspecified atom stereocenters.